The number of rotatable bonds is 7. The molecule has 0 unspecified atom stereocenters. The number of piperidine rings is 1. The maximum atomic E-state index is 11.4. The summed E-state index contributed by atoms with van der Waals surface area (Å²) in [6, 6.07) is 0.447. The minimum Gasteiger partial charge on any atom is -0.369 e. The Hall–Kier alpha value is -0.570. The van der Waals surface area contributed by atoms with Gasteiger partial charge in [-0.15, -0.1) is 24.0 Å². The van der Waals surface area contributed by atoms with E-state index in [0.717, 1.165) is 38.4 Å². The predicted molar refractivity (Wildman–Crippen MR) is 107 cm³/mol. The summed E-state index contributed by atoms with van der Waals surface area (Å²) in [5, 5.41) is 6.74. The Morgan fingerprint density at radius 1 is 1.30 bits per heavy atom. The number of aliphatic imine (C=N–C) groups is 1. The van der Waals surface area contributed by atoms with Gasteiger partial charge in [-0.2, -0.15) is 0 Å². The first-order chi connectivity index (χ1) is 10.4. The van der Waals surface area contributed by atoms with E-state index in [9.17, 15) is 4.79 Å². The highest BCUT2D eigenvalue weighted by molar-refractivity contribution is 14.0. The Balaban J connectivity index is 0.00000484. The Labute approximate surface area is 158 Å². The molecule has 0 spiro atoms. The smallest absolute Gasteiger partial charge is 0.224 e. The number of amides is 1. The van der Waals surface area contributed by atoms with Crippen LogP contribution in [-0.2, 0) is 4.79 Å². The van der Waals surface area contributed by atoms with E-state index < -0.39 is 5.41 Å². The molecule has 0 atom stereocenters. The van der Waals surface area contributed by atoms with E-state index in [0.29, 0.717) is 12.6 Å². The van der Waals surface area contributed by atoms with Gasteiger partial charge in [0.25, 0.3) is 0 Å². The molecule has 1 rings (SSSR count). The minimum atomic E-state index is -0.618. The first kappa shape index (κ1) is 22.4. The lowest BCUT2D eigenvalue weighted by Crippen LogP contribution is -2.49. The number of halogens is 1. The highest BCUT2D eigenvalue weighted by Gasteiger charge is 2.25. The van der Waals surface area contributed by atoms with Gasteiger partial charge in [0.15, 0.2) is 5.96 Å². The summed E-state index contributed by atoms with van der Waals surface area (Å²) in [6.07, 6.45) is 3.47. The van der Waals surface area contributed by atoms with E-state index in [1.54, 1.807) is 0 Å². The fourth-order valence-corrected chi connectivity index (χ4v) is 2.49. The molecular weight excluding hydrogens is 405 g/mol. The molecule has 23 heavy (non-hydrogen) atoms. The van der Waals surface area contributed by atoms with E-state index in [4.69, 9.17) is 5.73 Å². The molecule has 4 N–H and O–H groups in total. The number of nitrogens with one attached hydrogen (secondary N) is 2. The SMILES string of the molecule is CCCN1CCC(NC(=NCC(C)(C)C(N)=O)NCC)CC1.I. The zero-order chi connectivity index (χ0) is 16.6. The molecule has 7 heteroatoms. The van der Waals surface area contributed by atoms with Crippen LogP contribution in [0.4, 0.5) is 0 Å². The number of guanidine groups is 1. The third-order valence-electron chi connectivity index (χ3n) is 4.11. The van der Waals surface area contributed by atoms with E-state index in [-0.39, 0.29) is 29.9 Å². The summed E-state index contributed by atoms with van der Waals surface area (Å²) >= 11 is 0. The summed E-state index contributed by atoms with van der Waals surface area (Å²) in [7, 11) is 0. The number of carbonyl (C=O) groups excluding carboxylic acids is 1. The van der Waals surface area contributed by atoms with Crippen molar-refractivity contribution in [1.82, 2.24) is 15.5 Å². The van der Waals surface area contributed by atoms with Crippen LogP contribution in [0.5, 0.6) is 0 Å². The van der Waals surface area contributed by atoms with Crippen LogP contribution in [0, 0.1) is 5.41 Å². The van der Waals surface area contributed by atoms with Crippen molar-refractivity contribution in [2.75, 3.05) is 32.7 Å². The summed E-state index contributed by atoms with van der Waals surface area (Å²) in [5.41, 5.74) is 4.79. The van der Waals surface area contributed by atoms with Crippen LogP contribution in [0.1, 0.15) is 47.0 Å². The van der Waals surface area contributed by atoms with Crippen LogP contribution in [0.25, 0.3) is 0 Å². The van der Waals surface area contributed by atoms with Crippen molar-refractivity contribution >= 4 is 35.8 Å². The van der Waals surface area contributed by atoms with E-state index in [2.05, 4.69) is 27.4 Å². The Morgan fingerprint density at radius 2 is 1.91 bits per heavy atom. The van der Waals surface area contributed by atoms with Gasteiger partial charge in [-0.25, -0.2) is 0 Å². The number of likely N-dealkylation sites (tertiary alicyclic amines) is 1. The van der Waals surface area contributed by atoms with Gasteiger partial charge in [0.2, 0.25) is 5.91 Å². The molecule has 0 aromatic heterocycles. The third-order valence-corrected chi connectivity index (χ3v) is 4.11. The zero-order valence-electron chi connectivity index (χ0n) is 15.0. The molecule has 0 saturated carbocycles. The van der Waals surface area contributed by atoms with Crippen LogP contribution in [0.2, 0.25) is 0 Å². The highest BCUT2D eigenvalue weighted by Crippen LogP contribution is 2.14. The molecule has 1 aliphatic rings. The van der Waals surface area contributed by atoms with Gasteiger partial charge < -0.3 is 21.3 Å². The quantitative estimate of drug-likeness (QED) is 0.319. The molecule has 1 aliphatic heterocycles. The Morgan fingerprint density at radius 3 is 2.39 bits per heavy atom. The topological polar surface area (TPSA) is 82.8 Å². The van der Waals surface area contributed by atoms with Gasteiger partial charge in [-0.3, -0.25) is 9.79 Å². The van der Waals surface area contributed by atoms with Crippen LogP contribution >= 0.6 is 24.0 Å². The molecule has 1 fully saturated rings. The lowest BCUT2D eigenvalue weighted by atomic mass is 9.93. The number of hydrogen-bond acceptors (Lipinski definition) is 3. The van der Waals surface area contributed by atoms with Crippen molar-refractivity contribution in [3.8, 4) is 0 Å². The largest absolute Gasteiger partial charge is 0.369 e. The molecule has 0 aliphatic carbocycles. The summed E-state index contributed by atoms with van der Waals surface area (Å²) in [6.45, 7) is 12.6. The molecule has 1 heterocycles. The Kier molecular flexibility index (Phi) is 10.8. The highest BCUT2D eigenvalue weighted by atomic mass is 127. The van der Waals surface area contributed by atoms with Crippen LogP contribution in [0.3, 0.4) is 0 Å². The van der Waals surface area contributed by atoms with E-state index >= 15 is 0 Å². The van der Waals surface area contributed by atoms with Crippen molar-refractivity contribution in [3.05, 3.63) is 0 Å². The average Bonchev–Trinajstić information content (AvgIpc) is 2.47. The number of primary amides is 1. The number of carbonyl (C=O) groups is 1. The standard InChI is InChI=1S/C16H33N5O.HI/c1-5-9-21-10-7-13(8-11-21)20-15(18-6-2)19-12-16(3,4)14(17)22;/h13H,5-12H2,1-4H3,(H2,17,22)(H2,18,19,20);1H. The van der Waals surface area contributed by atoms with Gasteiger partial charge >= 0.3 is 0 Å². The summed E-state index contributed by atoms with van der Waals surface area (Å²) in [4.78, 5) is 18.4. The molecule has 1 amide bonds. The van der Waals surface area contributed by atoms with Crippen LogP contribution in [-0.4, -0.2) is 55.5 Å². The number of hydrogen-bond donors (Lipinski definition) is 3. The molecule has 0 radical (unpaired) electrons. The molecule has 136 valence electrons. The maximum absolute atomic E-state index is 11.4. The fourth-order valence-electron chi connectivity index (χ4n) is 2.49. The van der Waals surface area contributed by atoms with Crippen molar-refractivity contribution < 1.29 is 4.79 Å². The lowest BCUT2D eigenvalue weighted by Gasteiger charge is -2.33. The lowest BCUT2D eigenvalue weighted by molar-refractivity contribution is -0.125. The summed E-state index contributed by atoms with van der Waals surface area (Å²) < 4.78 is 0. The molecule has 0 bridgehead atoms. The zero-order valence-corrected chi connectivity index (χ0v) is 17.4. The predicted octanol–water partition coefficient (Wildman–Crippen LogP) is 1.55. The van der Waals surface area contributed by atoms with E-state index in [1.807, 2.05) is 20.8 Å². The second-order valence-electron chi connectivity index (χ2n) is 6.70. The fraction of sp³-hybridized carbons (Fsp3) is 0.875. The first-order valence-corrected chi connectivity index (χ1v) is 8.46. The van der Waals surface area contributed by atoms with Gasteiger partial charge in [0, 0.05) is 25.7 Å². The number of nitrogens with zero attached hydrogens (tertiary/aromatic N) is 2. The van der Waals surface area contributed by atoms with Gasteiger partial charge in [-0.1, -0.05) is 6.92 Å². The van der Waals surface area contributed by atoms with Crippen molar-refractivity contribution in [3.63, 3.8) is 0 Å². The van der Waals surface area contributed by atoms with Crippen LogP contribution in [0.15, 0.2) is 4.99 Å². The van der Waals surface area contributed by atoms with Crippen molar-refractivity contribution in [2.45, 2.75) is 53.0 Å². The second-order valence-corrected chi connectivity index (χ2v) is 6.70. The first-order valence-electron chi connectivity index (χ1n) is 8.46. The maximum Gasteiger partial charge on any atom is 0.224 e. The van der Waals surface area contributed by atoms with Gasteiger partial charge in [-0.05, 0) is 46.6 Å². The molecule has 1 saturated heterocycles. The number of nitrogens with two attached hydrogens (primary N) is 1. The van der Waals surface area contributed by atoms with Gasteiger partial charge in [0.05, 0.1) is 12.0 Å². The van der Waals surface area contributed by atoms with E-state index in [1.165, 1.54) is 13.0 Å². The van der Waals surface area contributed by atoms with Crippen LogP contribution < -0.4 is 16.4 Å². The van der Waals surface area contributed by atoms with Gasteiger partial charge in [0.1, 0.15) is 0 Å². The molecular formula is C16H34IN5O. The Bertz CT molecular complexity index is 379. The third kappa shape index (κ3) is 8.19. The summed E-state index contributed by atoms with van der Waals surface area (Å²) in [5.74, 6) is 0.464. The minimum absolute atomic E-state index is 0. The monoisotopic (exact) mass is 439 g/mol. The normalized spacial score (nSPS) is 17.5. The van der Waals surface area contributed by atoms with Crippen molar-refractivity contribution in [2.24, 2.45) is 16.1 Å². The molecule has 6 nitrogen and oxygen atoms in total. The average molecular weight is 439 g/mol. The molecule has 0 aromatic carbocycles. The second kappa shape index (κ2) is 11.1. The van der Waals surface area contributed by atoms with Crippen molar-refractivity contribution in [1.29, 1.82) is 0 Å². The molecule has 0 aromatic rings.